The number of hydrogen-bond acceptors (Lipinski definition) is 4. The van der Waals surface area contributed by atoms with Gasteiger partial charge in [-0.2, -0.15) is 0 Å². The van der Waals surface area contributed by atoms with E-state index >= 15 is 0 Å². The summed E-state index contributed by atoms with van der Waals surface area (Å²) in [6.07, 6.45) is 3.34. The number of aryl methyl sites for hydroxylation is 1. The maximum Gasteiger partial charge on any atom is 0.129 e. The second-order valence-electron chi connectivity index (χ2n) is 5.90. The molecule has 0 aliphatic rings. The van der Waals surface area contributed by atoms with Crippen molar-refractivity contribution in [3.8, 4) is 0 Å². The first-order valence-corrected chi connectivity index (χ1v) is 8.14. The van der Waals surface area contributed by atoms with Gasteiger partial charge in [-0.05, 0) is 51.7 Å². The third-order valence-electron chi connectivity index (χ3n) is 3.45. The molecule has 1 heterocycles. The second-order valence-corrected chi connectivity index (χ2v) is 5.90. The van der Waals surface area contributed by atoms with Gasteiger partial charge in [0.05, 0.1) is 0 Å². The molecule has 0 saturated carbocycles. The summed E-state index contributed by atoms with van der Waals surface area (Å²) in [5.74, 6) is 1.13. The SMILES string of the molecule is CCCc1cc(CNC)cc(N(CCC)CCN(C)C)n1. The van der Waals surface area contributed by atoms with E-state index in [2.05, 4.69) is 55.2 Å². The smallest absolute Gasteiger partial charge is 0.129 e. The van der Waals surface area contributed by atoms with E-state index < -0.39 is 0 Å². The number of nitrogens with one attached hydrogen (secondary N) is 1. The molecular formula is C17H32N4. The van der Waals surface area contributed by atoms with Crippen LogP contribution < -0.4 is 10.2 Å². The molecular weight excluding hydrogens is 260 g/mol. The number of rotatable bonds is 10. The molecule has 4 nitrogen and oxygen atoms in total. The molecule has 0 atom stereocenters. The molecule has 1 N–H and O–H groups in total. The minimum absolute atomic E-state index is 0.903. The highest BCUT2D eigenvalue weighted by atomic mass is 15.2. The monoisotopic (exact) mass is 292 g/mol. The van der Waals surface area contributed by atoms with E-state index in [0.29, 0.717) is 0 Å². The van der Waals surface area contributed by atoms with E-state index in [9.17, 15) is 0 Å². The molecule has 0 bridgehead atoms. The van der Waals surface area contributed by atoms with Crippen molar-refractivity contribution < 1.29 is 0 Å². The summed E-state index contributed by atoms with van der Waals surface area (Å²) in [5, 5.41) is 3.25. The average molecular weight is 292 g/mol. The van der Waals surface area contributed by atoms with E-state index in [1.54, 1.807) is 0 Å². The second kappa shape index (κ2) is 9.74. The number of pyridine rings is 1. The fourth-order valence-electron chi connectivity index (χ4n) is 2.42. The molecule has 1 aromatic heterocycles. The van der Waals surface area contributed by atoms with Crippen LogP contribution in [0.15, 0.2) is 12.1 Å². The number of nitrogens with zero attached hydrogens (tertiary/aromatic N) is 3. The Kier molecular flexibility index (Phi) is 8.31. The molecule has 0 amide bonds. The first-order chi connectivity index (χ1) is 10.1. The quantitative estimate of drug-likeness (QED) is 0.718. The molecule has 21 heavy (non-hydrogen) atoms. The van der Waals surface area contributed by atoms with Gasteiger partial charge in [0.25, 0.3) is 0 Å². The molecule has 0 spiro atoms. The lowest BCUT2D eigenvalue weighted by Crippen LogP contribution is -2.33. The standard InChI is InChI=1S/C17H32N4/c1-6-8-16-12-15(14-18-3)13-17(19-16)21(9-7-2)11-10-20(4)5/h12-13,18H,6-11,14H2,1-5H3. The molecule has 4 heteroatoms. The Morgan fingerprint density at radius 1 is 1.05 bits per heavy atom. The molecule has 1 aromatic rings. The van der Waals surface area contributed by atoms with Crippen LogP contribution in [-0.4, -0.2) is 50.7 Å². The lowest BCUT2D eigenvalue weighted by molar-refractivity contribution is 0.412. The predicted octanol–water partition coefficient (Wildman–Crippen LogP) is 2.53. The van der Waals surface area contributed by atoms with Crippen LogP contribution in [0.1, 0.15) is 37.9 Å². The van der Waals surface area contributed by atoms with Crippen molar-refractivity contribution in [1.29, 1.82) is 0 Å². The zero-order valence-corrected chi connectivity index (χ0v) is 14.4. The zero-order valence-electron chi connectivity index (χ0n) is 14.4. The van der Waals surface area contributed by atoms with Crippen molar-refractivity contribution in [2.24, 2.45) is 0 Å². The van der Waals surface area contributed by atoms with Crippen LogP contribution in [0.5, 0.6) is 0 Å². The Bertz CT molecular complexity index is 380. The molecule has 0 aliphatic heterocycles. The third kappa shape index (κ3) is 6.44. The zero-order chi connectivity index (χ0) is 15.7. The van der Waals surface area contributed by atoms with E-state index in [0.717, 1.165) is 51.3 Å². The van der Waals surface area contributed by atoms with Crippen LogP contribution in [-0.2, 0) is 13.0 Å². The normalized spacial score (nSPS) is 11.1. The van der Waals surface area contributed by atoms with Crippen LogP contribution in [0.2, 0.25) is 0 Å². The van der Waals surface area contributed by atoms with Crippen molar-refractivity contribution >= 4 is 5.82 Å². The first kappa shape index (κ1) is 17.9. The highest BCUT2D eigenvalue weighted by Gasteiger charge is 2.10. The summed E-state index contributed by atoms with van der Waals surface area (Å²) in [7, 11) is 6.24. The van der Waals surface area contributed by atoms with Crippen LogP contribution >= 0.6 is 0 Å². The summed E-state index contributed by atoms with van der Waals surface area (Å²) < 4.78 is 0. The number of aromatic nitrogens is 1. The van der Waals surface area contributed by atoms with Gasteiger partial charge in [-0.3, -0.25) is 0 Å². The summed E-state index contributed by atoms with van der Waals surface area (Å²) in [6.45, 7) is 8.49. The lowest BCUT2D eigenvalue weighted by atomic mass is 10.1. The van der Waals surface area contributed by atoms with E-state index in [-0.39, 0.29) is 0 Å². The number of likely N-dealkylation sites (N-methyl/N-ethyl adjacent to an activating group) is 1. The van der Waals surface area contributed by atoms with Gasteiger partial charge < -0.3 is 15.1 Å². The van der Waals surface area contributed by atoms with Crippen LogP contribution in [0.3, 0.4) is 0 Å². The molecule has 0 fully saturated rings. The molecule has 0 aliphatic carbocycles. The Morgan fingerprint density at radius 3 is 2.38 bits per heavy atom. The van der Waals surface area contributed by atoms with Crippen molar-refractivity contribution in [3.63, 3.8) is 0 Å². The van der Waals surface area contributed by atoms with Crippen LogP contribution in [0.4, 0.5) is 5.82 Å². The molecule has 120 valence electrons. The maximum absolute atomic E-state index is 4.88. The highest BCUT2D eigenvalue weighted by Crippen LogP contribution is 2.17. The van der Waals surface area contributed by atoms with E-state index in [1.165, 1.54) is 11.3 Å². The van der Waals surface area contributed by atoms with Gasteiger partial charge in [-0.1, -0.05) is 20.3 Å². The lowest BCUT2D eigenvalue weighted by Gasteiger charge is -2.26. The number of anilines is 1. The molecule has 0 saturated heterocycles. The predicted molar refractivity (Wildman–Crippen MR) is 92.1 cm³/mol. The Labute approximate surface area is 130 Å². The topological polar surface area (TPSA) is 31.4 Å². The summed E-state index contributed by atoms with van der Waals surface area (Å²) in [6, 6.07) is 4.47. The summed E-state index contributed by atoms with van der Waals surface area (Å²) in [5.41, 5.74) is 2.54. The first-order valence-electron chi connectivity index (χ1n) is 8.14. The van der Waals surface area contributed by atoms with Gasteiger partial charge in [-0.15, -0.1) is 0 Å². The van der Waals surface area contributed by atoms with Crippen molar-refractivity contribution in [1.82, 2.24) is 15.2 Å². The van der Waals surface area contributed by atoms with Gasteiger partial charge in [0, 0.05) is 31.9 Å². The minimum atomic E-state index is 0.903. The summed E-state index contributed by atoms with van der Waals surface area (Å²) in [4.78, 5) is 9.53. The fraction of sp³-hybridized carbons (Fsp3) is 0.706. The molecule has 0 radical (unpaired) electrons. The number of hydrogen-bond donors (Lipinski definition) is 1. The van der Waals surface area contributed by atoms with Crippen molar-refractivity contribution in [2.45, 2.75) is 39.7 Å². The largest absolute Gasteiger partial charge is 0.355 e. The van der Waals surface area contributed by atoms with Gasteiger partial charge in [0.1, 0.15) is 5.82 Å². The highest BCUT2D eigenvalue weighted by molar-refractivity contribution is 5.43. The van der Waals surface area contributed by atoms with E-state index in [1.807, 2.05) is 7.05 Å². The van der Waals surface area contributed by atoms with Crippen LogP contribution in [0.25, 0.3) is 0 Å². The average Bonchev–Trinajstić information content (AvgIpc) is 2.43. The van der Waals surface area contributed by atoms with Gasteiger partial charge >= 0.3 is 0 Å². The Morgan fingerprint density at radius 2 is 1.81 bits per heavy atom. The molecule has 0 unspecified atom stereocenters. The van der Waals surface area contributed by atoms with Gasteiger partial charge in [0.2, 0.25) is 0 Å². The minimum Gasteiger partial charge on any atom is -0.355 e. The Hall–Kier alpha value is -1.13. The van der Waals surface area contributed by atoms with Crippen molar-refractivity contribution in [2.75, 3.05) is 45.7 Å². The van der Waals surface area contributed by atoms with Gasteiger partial charge in [-0.25, -0.2) is 4.98 Å². The third-order valence-corrected chi connectivity index (χ3v) is 3.45. The van der Waals surface area contributed by atoms with Gasteiger partial charge in [0.15, 0.2) is 0 Å². The summed E-state index contributed by atoms with van der Waals surface area (Å²) >= 11 is 0. The maximum atomic E-state index is 4.88. The van der Waals surface area contributed by atoms with Crippen LogP contribution in [0, 0.1) is 0 Å². The van der Waals surface area contributed by atoms with E-state index in [4.69, 9.17) is 4.98 Å². The Balaban J connectivity index is 2.97. The molecule has 0 aromatic carbocycles. The fourth-order valence-corrected chi connectivity index (χ4v) is 2.42. The van der Waals surface area contributed by atoms with Crippen molar-refractivity contribution in [3.05, 3.63) is 23.4 Å². The molecule has 1 rings (SSSR count).